The van der Waals surface area contributed by atoms with Crippen LogP contribution in [-0.2, 0) is 14.8 Å². The van der Waals surface area contributed by atoms with Crippen molar-refractivity contribution in [2.75, 3.05) is 13.7 Å². The van der Waals surface area contributed by atoms with Crippen molar-refractivity contribution in [2.24, 2.45) is 11.1 Å². The van der Waals surface area contributed by atoms with Crippen molar-refractivity contribution < 1.29 is 18.3 Å². The van der Waals surface area contributed by atoms with Gasteiger partial charge < -0.3 is 9.84 Å². The number of primary sulfonamides is 1. The van der Waals surface area contributed by atoms with E-state index in [0.29, 0.717) is 5.56 Å². The van der Waals surface area contributed by atoms with Gasteiger partial charge in [-0.2, -0.15) is 0 Å². The fraction of sp³-hybridized carbons (Fsp3) is 0.692. The van der Waals surface area contributed by atoms with Crippen molar-refractivity contribution in [3.8, 4) is 0 Å². The molecule has 0 aliphatic heterocycles. The minimum atomic E-state index is -3.72. The Bertz CT molecular complexity index is 532. The molecule has 1 saturated carbocycles. The van der Waals surface area contributed by atoms with E-state index in [4.69, 9.17) is 9.88 Å². The molecule has 0 amide bonds. The fourth-order valence-corrected chi connectivity index (χ4v) is 4.98. The molecule has 0 unspecified atom stereocenters. The van der Waals surface area contributed by atoms with E-state index in [1.165, 1.54) is 0 Å². The molecule has 5 nitrogen and oxygen atoms in total. The number of thiophene rings is 1. The Labute approximate surface area is 123 Å². The zero-order valence-corrected chi connectivity index (χ0v) is 13.1. The Morgan fingerprint density at radius 2 is 2.10 bits per heavy atom. The fourth-order valence-electron chi connectivity index (χ4n) is 3.04. The Kier molecular flexibility index (Phi) is 5.19. The largest absolute Gasteiger partial charge is 0.396 e. The van der Waals surface area contributed by atoms with Crippen molar-refractivity contribution >= 4 is 21.4 Å². The molecule has 0 saturated heterocycles. The summed E-state index contributed by atoms with van der Waals surface area (Å²) in [5.74, 6) is 0.119. The number of sulfonamides is 1. The van der Waals surface area contributed by atoms with Crippen LogP contribution >= 0.6 is 11.3 Å². The van der Waals surface area contributed by atoms with Crippen LogP contribution in [0.15, 0.2) is 15.7 Å². The van der Waals surface area contributed by atoms with Crippen LogP contribution in [0.25, 0.3) is 0 Å². The second-order valence-corrected chi connectivity index (χ2v) is 7.94. The molecule has 0 bridgehead atoms. The maximum atomic E-state index is 11.6. The molecule has 1 heterocycles. The molecule has 0 aromatic carbocycles. The van der Waals surface area contributed by atoms with Gasteiger partial charge in [0, 0.05) is 13.0 Å². The first-order valence-electron chi connectivity index (χ1n) is 6.71. The molecule has 0 radical (unpaired) electrons. The molecule has 1 aliphatic carbocycles. The number of aliphatic hydroxyl groups is 1. The molecule has 114 valence electrons. The van der Waals surface area contributed by atoms with Crippen LogP contribution in [0.3, 0.4) is 0 Å². The standard InChI is InChI=1S/C13H21NO4S2/c1-18-10-4-2-9(3-5-10)12(8-15)11-6-7-19-13(11)20(14,16)17/h6-7,9-10,12,15H,2-5,8H2,1H3,(H2,14,16,17)/t9?,10?,12-/m0/s1. The third-order valence-electron chi connectivity index (χ3n) is 4.13. The molecule has 1 aromatic rings. The number of aliphatic hydroxyl groups excluding tert-OH is 1. The molecule has 0 spiro atoms. The number of nitrogens with two attached hydrogens (primary N) is 1. The number of ether oxygens (including phenoxy) is 1. The summed E-state index contributed by atoms with van der Waals surface area (Å²) in [7, 11) is -2.00. The van der Waals surface area contributed by atoms with Crippen molar-refractivity contribution in [1.29, 1.82) is 0 Å². The lowest BCUT2D eigenvalue weighted by Gasteiger charge is -2.32. The van der Waals surface area contributed by atoms with Crippen LogP contribution in [0, 0.1) is 5.92 Å². The lowest BCUT2D eigenvalue weighted by molar-refractivity contribution is 0.0476. The third-order valence-corrected chi connectivity index (χ3v) is 6.59. The molecule has 1 aromatic heterocycles. The molecular weight excluding hydrogens is 298 g/mol. The maximum Gasteiger partial charge on any atom is 0.247 e. The van der Waals surface area contributed by atoms with E-state index >= 15 is 0 Å². The zero-order chi connectivity index (χ0) is 14.8. The number of hydrogen-bond donors (Lipinski definition) is 2. The monoisotopic (exact) mass is 319 g/mol. The van der Waals surface area contributed by atoms with Crippen molar-refractivity contribution in [3.05, 3.63) is 17.0 Å². The van der Waals surface area contributed by atoms with Crippen LogP contribution in [0.5, 0.6) is 0 Å². The van der Waals surface area contributed by atoms with E-state index in [1.807, 2.05) is 0 Å². The highest BCUT2D eigenvalue weighted by atomic mass is 32.2. The van der Waals surface area contributed by atoms with Gasteiger partial charge in [-0.05, 0) is 48.6 Å². The van der Waals surface area contributed by atoms with E-state index < -0.39 is 10.0 Å². The lowest BCUT2D eigenvalue weighted by Crippen LogP contribution is -2.27. The first kappa shape index (κ1) is 15.9. The molecule has 1 fully saturated rings. The summed E-state index contributed by atoms with van der Waals surface area (Å²) in [6.07, 6.45) is 4.05. The molecule has 20 heavy (non-hydrogen) atoms. The maximum absolute atomic E-state index is 11.6. The van der Waals surface area contributed by atoms with Crippen LogP contribution in [-0.4, -0.2) is 33.3 Å². The van der Waals surface area contributed by atoms with E-state index in [9.17, 15) is 13.5 Å². The Morgan fingerprint density at radius 3 is 2.60 bits per heavy atom. The summed E-state index contributed by atoms with van der Waals surface area (Å²) in [6.45, 7) is -0.0540. The number of methoxy groups -OCH3 is 1. The van der Waals surface area contributed by atoms with E-state index in [2.05, 4.69) is 0 Å². The van der Waals surface area contributed by atoms with Crippen LogP contribution in [0.1, 0.15) is 37.2 Å². The highest BCUT2D eigenvalue weighted by Crippen LogP contribution is 2.40. The quantitative estimate of drug-likeness (QED) is 0.864. The van der Waals surface area contributed by atoms with Crippen molar-refractivity contribution in [3.63, 3.8) is 0 Å². The zero-order valence-electron chi connectivity index (χ0n) is 11.5. The normalized spacial score (nSPS) is 25.6. The molecule has 7 heteroatoms. The van der Waals surface area contributed by atoms with Crippen LogP contribution in [0.4, 0.5) is 0 Å². The SMILES string of the molecule is COC1CCC([C@H](CO)c2ccsc2S(N)(=O)=O)CC1. The van der Waals surface area contributed by atoms with Gasteiger partial charge in [-0.25, -0.2) is 13.6 Å². The third kappa shape index (κ3) is 3.40. The van der Waals surface area contributed by atoms with E-state index in [0.717, 1.165) is 37.0 Å². The van der Waals surface area contributed by atoms with Gasteiger partial charge in [-0.15, -0.1) is 11.3 Å². The molecule has 2 rings (SSSR count). The lowest BCUT2D eigenvalue weighted by atomic mass is 9.77. The first-order chi connectivity index (χ1) is 9.47. The summed E-state index contributed by atoms with van der Waals surface area (Å²) in [6, 6.07) is 1.77. The molecule has 3 N–H and O–H groups in total. The molecular formula is C13H21NO4S2. The smallest absolute Gasteiger partial charge is 0.247 e. The van der Waals surface area contributed by atoms with Gasteiger partial charge in [-0.1, -0.05) is 0 Å². The number of hydrogen-bond acceptors (Lipinski definition) is 5. The first-order valence-corrected chi connectivity index (χ1v) is 9.13. The predicted molar refractivity (Wildman–Crippen MR) is 78.3 cm³/mol. The molecule has 1 atom stereocenters. The predicted octanol–water partition coefficient (Wildman–Crippen LogP) is 1.68. The highest BCUT2D eigenvalue weighted by molar-refractivity contribution is 7.91. The summed E-state index contributed by atoms with van der Waals surface area (Å²) < 4.78 is 28.7. The summed E-state index contributed by atoms with van der Waals surface area (Å²) in [4.78, 5) is 0. The summed E-state index contributed by atoms with van der Waals surface area (Å²) in [5.41, 5.74) is 0.667. The van der Waals surface area contributed by atoms with Crippen LogP contribution < -0.4 is 5.14 Å². The van der Waals surface area contributed by atoms with Crippen molar-refractivity contribution in [1.82, 2.24) is 0 Å². The average molecular weight is 319 g/mol. The van der Waals surface area contributed by atoms with Gasteiger partial charge in [-0.3, -0.25) is 0 Å². The van der Waals surface area contributed by atoms with Gasteiger partial charge in [0.2, 0.25) is 10.0 Å². The van der Waals surface area contributed by atoms with Gasteiger partial charge in [0.15, 0.2) is 0 Å². The van der Waals surface area contributed by atoms with E-state index in [1.54, 1.807) is 18.6 Å². The van der Waals surface area contributed by atoms with Gasteiger partial charge in [0.25, 0.3) is 0 Å². The minimum absolute atomic E-state index is 0.0540. The Morgan fingerprint density at radius 1 is 1.45 bits per heavy atom. The van der Waals surface area contributed by atoms with Crippen LogP contribution in [0.2, 0.25) is 0 Å². The topological polar surface area (TPSA) is 89.6 Å². The Hall–Kier alpha value is -0.470. The van der Waals surface area contributed by atoms with Gasteiger partial charge in [0.05, 0.1) is 12.7 Å². The van der Waals surface area contributed by atoms with Gasteiger partial charge in [0.1, 0.15) is 4.21 Å². The second-order valence-electron chi connectivity index (χ2n) is 5.27. The average Bonchev–Trinajstić information content (AvgIpc) is 2.90. The summed E-state index contributed by atoms with van der Waals surface area (Å²) >= 11 is 1.12. The highest BCUT2D eigenvalue weighted by Gasteiger charge is 2.31. The van der Waals surface area contributed by atoms with Crippen molar-refractivity contribution in [2.45, 2.75) is 41.9 Å². The molecule has 1 aliphatic rings. The minimum Gasteiger partial charge on any atom is -0.396 e. The Balaban J connectivity index is 2.20. The summed E-state index contributed by atoms with van der Waals surface area (Å²) in [5, 5.41) is 16.7. The van der Waals surface area contributed by atoms with Gasteiger partial charge >= 0.3 is 0 Å². The second kappa shape index (κ2) is 6.53. The van der Waals surface area contributed by atoms with E-state index in [-0.39, 0.29) is 28.8 Å². The number of rotatable bonds is 5.